The molecule has 3 atom stereocenters. The molecular weight excluding hydrogens is 490 g/mol. The van der Waals surface area contributed by atoms with Crippen LogP contribution in [0.1, 0.15) is 30.4 Å². The minimum absolute atomic E-state index is 0.123. The Morgan fingerprint density at radius 2 is 1.76 bits per heavy atom. The van der Waals surface area contributed by atoms with E-state index in [1.807, 2.05) is 43.3 Å². The number of nitro benzene ring substituents is 1. The molecule has 1 saturated carbocycles. The summed E-state index contributed by atoms with van der Waals surface area (Å²) in [5.74, 6) is -1.27. The number of nitro groups is 1. The molecule has 0 spiro atoms. The predicted octanol–water partition coefficient (Wildman–Crippen LogP) is 5.31. The molecule has 0 amide bonds. The van der Waals surface area contributed by atoms with Gasteiger partial charge in [-0.3, -0.25) is 19.7 Å². The molecule has 0 N–H and O–H groups in total. The molecule has 1 aliphatic heterocycles. The molecule has 0 radical (unpaired) electrons. The van der Waals surface area contributed by atoms with E-state index in [4.69, 9.17) is 9.47 Å². The summed E-state index contributed by atoms with van der Waals surface area (Å²) in [5, 5.41) is 10.9. The van der Waals surface area contributed by atoms with Crippen LogP contribution in [-0.2, 0) is 15.0 Å². The van der Waals surface area contributed by atoms with E-state index in [1.165, 1.54) is 24.3 Å². The van der Waals surface area contributed by atoms with Crippen LogP contribution >= 0.6 is 15.9 Å². The van der Waals surface area contributed by atoms with Crippen molar-refractivity contribution in [3.05, 3.63) is 98.5 Å². The van der Waals surface area contributed by atoms with E-state index in [1.54, 1.807) is 12.1 Å². The Labute approximate surface area is 197 Å². The van der Waals surface area contributed by atoms with Gasteiger partial charge in [0.1, 0.15) is 11.5 Å². The first-order chi connectivity index (χ1) is 15.9. The van der Waals surface area contributed by atoms with Gasteiger partial charge >= 0.3 is 11.9 Å². The van der Waals surface area contributed by atoms with E-state index in [0.29, 0.717) is 12.2 Å². The number of esters is 2. The van der Waals surface area contributed by atoms with Gasteiger partial charge in [-0.25, -0.2) is 0 Å². The number of halogens is 1. The number of carbonyl (C=O) groups is 2. The van der Waals surface area contributed by atoms with Crippen molar-refractivity contribution in [2.45, 2.75) is 24.7 Å². The van der Waals surface area contributed by atoms with Crippen molar-refractivity contribution < 1.29 is 24.0 Å². The number of rotatable bonds is 5. The second kappa shape index (κ2) is 7.52. The Kier molecular flexibility index (Phi) is 4.86. The van der Waals surface area contributed by atoms with Gasteiger partial charge in [0.15, 0.2) is 5.41 Å². The molecule has 2 aliphatic rings. The first-order valence-electron chi connectivity index (χ1n) is 10.4. The quantitative estimate of drug-likeness (QED) is 0.152. The molecule has 166 valence electrons. The van der Waals surface area contributed by atoms with Gasteiger partial charge < -0.3 is 9.47 Å². The number of non-ortho nitro benzene ring substituents is 1. The molecule has 33 heavy (non-hydrogen) atoms. The SMILES string of the molecule is CCC1(c2ccc(Br)cc2)C2c3ccccc3OC(=O)C21C(=O)Oc1ccc([N+](=O)[O-])cc1. The van der Waals surface area contributed by atoms with Gasteiger partial charge in [-0.15, -0.1) is 0 Å². The van der Waals surface area contributed by atoms with E-state index < -0.39 is 33.6 Å². The lowest BCUT2D eigenvalue weighted by molar-refractivity contribution is -0.384. The lowest BCUT2D eigenvalue weighted by Crippen LogP contribution is -2.41. The van der Waals surface area contributed by atoms with Gasteiger partial charge in [0.25, 0.3) is 5.69 Å². The van der Waals surface area contributed by atoms with Crippen LogP contribution in [0.25, 0.3) is 0 Å². The second-order valence-electron chi connectivity index (χ2n) is 8.14. The highest BCUT2D eigenvalue weighted by Gasteiger charge is 2.88. The van der Waals surface area contributed by atoms with Crippen LogP contribution in [0.15, 0.2) is 77.3 Å². The molecule has 0 aromatic heterocycles. The standard InChI is InChI=1S/C25H18BrNO6/c1-2-24(15-7-9-16(26)10-8-15)21-19-5-3-4-6-20(19)33-23(29)25(21,24)22(28)32-18-13-11-17(12-14-18)27(30)31/h3-14,21H,2H2,1H3. The van der Waals surface area contributed by atoms with Gasteiger partial charge in [-0.2, -0.15) is 0 Å². The number of nitrogens with zero attached hydrogens (tertiary/aromatic N) is 1. The fourth-order valence-electron chi connectivity index (χ4n) is 5.36. The van der Waals surface area contributed by atoms with E-state index in [-0.39, 0.29) is 11.4 Å². The molecule has 0 bridgehead atoms. The van der Waals surface area contributed by atoms with Crippen LogP contribution in [0.3, 0.4) is 0 Å². The Morgan fingerprint density at radius 1 is 1.09 bits per heavy atom. The van der Waals surface area contributed by atoms with Gasteiger partial charge in [0.2, 0.25) is 0 Å². The average Bonchev–Trinajstić information content (AvgIpc) is 3.47. The second-order valence-corrected chi connectivity index (χ2v) is 9.06. The molecule has 1 aliphatic carbocycles. The van der Waals surface area contributed by atoms with Crippen LogP contribution in [0.5, 0.6) is 11.5 Å². The number of para-hydroxylation sites is 1. The Hall–Kier alpha value is -3.52. The van der Waals surface area contributed by atoms with Crippen LogP contribution in [0, 0.1) is 15.5 Å². The summed E-state index contributed by atoms with van der Waals surface area (Å²) in [6, 6.07) is 20.0. The molecule has 3 aromatic carbocycles. The van der Waals surface area contributed by atoms with Crippen molar-refractivity contribution in [3.63, 3.8) is 0 Å². The largest absolute Gasteiger partial charge is 0.426 e. The number of hydrogen-bond donors (Lipinski definition) is 0. The Bertz CT molecular complexity index is 1290. The Balaban J connectivity index is 1.63. The molecular formula is C25H18BrNO6. The van der Waals surface area contributed by atoms with Crippen molar-refractivity contribution in [1.82, 2.24) is 0 Å². The summed E-state index contributed by atoms with van der Waals surface area (Å²) < 4.78 is 12.2. The van der Waals surface area contributed by atoms with Crippen molar-refractivity contribution in [1.29, 1.82) is 0 Å². The molecule has 3 aromatic rings. The summed E-state index contributed by atoms with van der Waals surface area (Å²) in [5.41, 5.74) is -0.919. The maximum atomic E-state index is 13.7. The first-order valence-corrected chi connectivity index (χ1v) is 11.2. The summed E-state index contributed by atoms with van der Waals surface area (Å²) in [6.07, 6.45) is 0.498. The molecule has 1 heterocycles. The minimum Gasteiger partial charge on any atom is -0.426 e. The van der Waals surface area contributed by atoms with Gasteiger partial charge in [0, 0.05) is 33.5 Å². The van der Waals surface area contributed by atoms with E-state index in [2.05, 4.69) is 15.9 Å². The van der Waals surface area contributed by atoms with Crippen LogP contribution in [0.2, 0.25) is 0 Å². The summed E-state index contributed by atoms with van der Waals surface area (Å²) in [7, 11) is 0. The number of benzene rings is 3. The molecule has 3 unspecified atom stereocenters. The lowest BCUT2D eigenvalue weighted by atomic mass is 9.83. The average molecular weight is 508 g/mol. The highest BCUT2D eigenvalue weighted by atomic mass is 79.9. The topological polar surface area (TPSA) is 95.7 Å². The van der Waals surface area contributed by atoms with Crippen LogP contribution in [0.4, 0.5) is 5.69 Å². The fraction of sp³-hybridized carbons (Fsp3) is 0.200. The van der Waals surface area contributed by atoms with E-state index >= 15 is 0 Å². The van der Waals surface area contributed by atoms with Crippen LogP contribution < -0.4 is 9.47 Å². The molecule has 7 nitrogen and oxygen atoms in total. The summed E-state index contributed by atoms with van der Waals surface area (Å²) >= 11 is 3.44. The molecule has 1 fully saturated rings. The Morgan fingerprint density at radius 3 is 2.39 bits per heavy atom. The van der Waals surface area contributed by atoms with Crippen LogP contribution in [-0.4, -0.2) is 16.9 Å². The summed E-state index contributed by atoms with van der Waals surface area (Å²) in [4.78, 5) is 37.6. The zero-order valence-corrected chi connectivity index (χ0v) is 19.1. The smallest absolute Gasteiger partial charge is 0.330 e. The van der Waals surface area contributed by atoms with E-state index in [9.17, 15) is 19.7 Å². The monoisotopic (exact) mass is 507 g/mol. The number of carbonyl (C=O) groups excluding carboxylic acids is 2. The zero-order chi connectivity index (χ0) is 23.4. The predicted molar refractivity (Wildman–Crippen MR) is 122 cm³/mol. The van der Waals surface area contributed by atoms with Crippen molar-refractivity contribution in [2.24, 2.45) is 5.41 Å². The number of ether oxygens (including phenoxy) is 2. The molecule has 0 saturated heterocycles. The zero-order valence-electron chi connectivity index (χ0n) is 17.5. The van der Waals surface area contributed by atoms with Crippen molar-refractivity contribution in [2.75, 3.05) is 0 Å². The number of fused-ring (bicyclic) bond motifs is 3. The fourth-order valence-corrected chi connectivity index (χ4v) is 5.63. The maximum Gasteiger partial charge on any atom is 0.330 e. The third-order valence-electron chi connectivity index (χ3n) is 6.80. The van der Waals surface area contributed by atoms with Crippen molar-refractivity contribution >= 4 is 33.6 Å². The van der Waals surface area contributed by atoms with Crippen molar-refractivity contribution in [3.8, 4) is 11.5 Å². The normalized spacial score (nSPS) is 24.8. The molecule has 8 heteroatoms. The lowest BCUT2D eigenvalue weighted by Gasteiger charge is -2.23. The van der Waals surface area contributed by atoms with Gasteiger partial charge in [-0.1, -0.05) is 53.2 Å². The molecule has 5 rings (SSSR count). The minimum atomic E-state index is -1.56. The first kappa shape index (κ1) is 21.3. The summed E-state index contributed by atoms with van der Waals surface area (Å²) in [6.45, 7) is 1.94. The highest BCUT2D eigenvalue weighted by molar-refractivity contribution is 9.10. The third kappa shape index (κ3) is 2.87. The maximum absolute atomic E-state index is 13.7. The third-order valence-corrected chi connectivity index (χ3v) is 7.33. The van der Waals surface area contributed by atoms with E-state index in [0.717, 1.165) is 15.6 Å². The van der Waals surface area contributed by atoms with Gasteiger partial charge in [0.05, 0.1) is 4.92 Å². The highest BCUT2D eigenvalue weighted by Crippen LogP contribution is 2.79. The van der Waals surface area contributed by atoms with Gasteiger partial charge in [-0.05, 0) is 42.3 Å². The number of hydrogen-bond acceptors (Lipinski definition) is 6.